The Labute approximate surface area is 105 Å². The van der Waals surface area contributed by atoms with Crippen LogP contribution in [0.2, 0.25) is 0 Å². The van der Waals surface area contributed by atoms with Crippen molar-refractivity contribution in [1.29, 1.82) is 0 Å². The summed E-state index contributed by atoms with van der Waals surface area (Å²) in [5, 5.41) is 3.82. The van der Waals surface area contributed by atoms with Crippen molar-refractivity contribution in [1.82, 2.24) is 10.3 Å². The Morgan fingerprint density at radius 3 is 2.94 bits per heavy atom. The molecule has 0 radical (unpaired) electrons. The third-order valence-corrected chi connectivity index (χ3v) is 3.16. The van der Waals surface area contributed by atoms with Gasteiger partial charge < -0.3 is 11.1 Å². The van der Waals surface area contributed by atoms with Crippen molar-refractivity contribution in [3.05, 3.63) is 35.5 Å². The van der Waals surface area contributed by atoms with Crippen LogP contribution >= 0.6 is 0 Å². The third kappa shape index (κ3) is 1.90. The normalized spacial score (nSPS) is 14.7. The molecule has 3 N–H and O–H groups in total. The van der Waals surface area contributed by atoms with Gasteiger partial charge in [-0.15, -0.1) is 0 Å². The van der Waals surface area contributed by atoms with Gasteiger partial charge in [0.25, 0.3) is 5.91 Å². The Morgan fingerprint density at radius 1 is 1.44 bits per heavy atom. The van der Waals surface area contributed by atoms with Crippen LogP contribution in [0, 0.1) is 6.92 Å². The van der Waals surface area contributed by atoms with E-state index in [1.807, 2.05) is 25.1 Å². The predicted molar refractivity (Wildman–Crippen MR) is 71.4 cm³/mol. The van der Waals surface area contributed by atoms with Gasteiger partial charge in [0.05, 0.1) is 16.8 Å². The van der Waals surface area contributed by atoms with Gasteiger partial charge in [-0.1, -0.05) is 12.1 Å². The fourth-order valence-corrected chi connectivity index (χ4v) is 2.08. The van der Waals surface area contributed by atoms with Crippen LogP contribution in [-0.2, 0) is 0 Å². The molecule has 18 heavy (non-hydrogen) atoms. The highest BCUT2D eigenvalue weighted by molar-refractivity contribution is 6.08. The number of aryl methyl sites for hydroxylation is 1. The quantitative estimate of drug-likeness (QED) is 0.790. The molecule has 0 saturated heterocycles. The molecule has 3 rings (SSSR count). The maximum atomic E-state index is 12.2. The maximum Gasteiger partial charge on any atom is 0.252 e. The second-order valence-electron chi connectivity index (χ2n) is 4.80. The van der Waals surface area contributed by atoms with Crippen LogP contribution in [0.25, 0.3) is 10.9 Å². The molecule has 1 heterocycles. The molecule has 0 bridgehead atoms. The van der Waals surface area contributed by atoms with Gasteiger partial charge in [0.2, 0.25) is 0 Å². The standard InChI is InChI=1S/C14H15N3O/c1-8-7-11(14(18)17-9-5-6-9)10-3-2-4-12(15)13(10)16-8/h2-4,7,9H,5-6,15H2,1H3,(H,17,18). The Hall–Kier alpha value is -2.10. The maximum absolute atomic E-state index is 12.2. The molecular formula is C14H15N3O. The van der Waals surface area contributed by atoms with E-state index in [4.69, 9.17) is 5.73 Å². The van der Waals surface area contributed by atoms with E-state index in [0.29, 0.717) is 22.8 Å². The van der Waals surface area contributed by atoms with Gasteiger partial charge in [-0.3, -0.25) is 9.78 Å². The fourth-order valence-electron chi connectivity index (χ4n) is 2.08. The monoisotopic (exact) mass is 241 g/mol. The lowest BCUT2D eigenvalue weighted by Gasteiger charge is -2.09. The number of benzene rings is 1. The lowest BCUT2D eigenvalue weighted by atomic mass is 10.1. The van der Waals surface area contributed by atoms with Gasteiger partial charge in [-0.05, 0) is 31.9 Å². The van der Waals surface area contributed by atoms with Gasteiger partial charge in [-0.25, -0.2) is 0 Å². The molecule has 0 unspecified atom stereocenters. The average Bonchev–Trinajstić information content (AvgIpc) is 3.13. The average molecular weight is 241 g/mol. The number of nitrogens with zero attached hydrogens (tertiary/aromatic N) is 1. The number of pyridine rings is 1. The van der Waals surface area contributed by atoms with Gasteiger partial charge >= 0.3 is 0 Å². The van der Waals surface area contributed by atoms with Crippen LogP contribution in [0.4, 0.5) is 5.69 Å². The first kappa shape index (κ1) is 11.0. The molecule has 0 spiro atoms. The Bertz CT molecular complexity index is 632. The number of nitrogens with two attached hydrogens (primary N) is 1. The number of fused-ring (bicyclic) bond motifs is 1. The van der Waals surface area contributed by atoms with E-state index in [1.54, 1.807) is 6.07 Å². The summed E-state index contributed by atoms with van der Waals surface area (Å²) in [5.41, 5.74) is 8.70. The number of carbonyl (C=O) groups is 1. The zero-order valence-electron chi connectivity index (χ0n) is 10.2. The van der Waals surface area contributed by atoms with E-state index < -0.39 is 0 Å². The molecule has 1 aromatic heterocycles. The lowest BCUT2D eigenvalue weighted by molar-refractivity contribution is 0.0952. The minimum atomic E-state index is -0.0291. The molecule has 0 atom stereocenters. The van der Waals surface area contributed by atoms with Crippen LogP contribution in [0.3, 0.4) is 0 Å². The number of rotatable bonds is 2. The molecule has 1 aliphatic carbocycles. The van der Waals surface area contributed by atoms with E-state index in [9.17, 15) is 4.79 Å². The topological polar surface area (TPSA) is 68.0 Å². The van der Waals surface area contributed by atoms with Crippen molar-refractivity contribution in [3.8, 4) is 0 Å². The highest BCUT2D eigenvalue weighted by Crippen LogP contribution is 2.25. The van der Waals surface area contributed by atoms with E-state index in [-0.39, 0.29) is 5.91 Å². The molecule has 4 nitrogen and oxygen atoms in total. The van der Waals surface area contributed by atoms with Crippen LogP contribution < -0.4 is 11.1 Å². The van der Waals surface area contributed by atoms with Gasteiger partial charge in [0.15, 0.2) is 0 Å². The van der Waals surface area contributed by atoms with Gasteiger partial charge in [0.1, 0.15) is 0 Å². The summed E-state index contributed by atoms with van der Waals surface area (Å²) >= 11 is 0. The van der Waals surface area contributed by atoms with Gasteiger partial charge in [0, 0.05) is 17.1 Å². The Balaban J connectivity index is 2.14. The van der Waals surface area contributed by atoms with E-state index in [1.165, 1.54) is 0 Å². The summed E-state index contributed by atoms with van der Waals surface area (Å²) in [7, 11) is 0. The van der Waals surface area contributed by atoms with Crippen molar-refractivity contribution in [2.75, 3.05) is 5.73 Å². The molecule has 92 valence electrons. The number of amides is 1. The van der Waals surface area contributed by atoms with E-state index >= 15 is 0 Å². The largest absolute Gasteiger partial charge is 0.397 e. The first-order chi connectivity index (χ1) is 8.65. The third-order valence-electron chi connectivity index (χ3n) is 3.16. The summed E-state index contributed by atoms with van der Waals surface area (Å²) in [6.45, 7) is 1.87. The Morgan fingerprint density at radius 2 is 2.22 bits per heavy atom. The molecule has 1 fully saturated rings. The minimum Gasteiger partial charge on any atom is -0.397 e. The lowest BCUT2D eigenvalue weighted by Crippen LogP contribution is -2.25. The second-order valence-corrected chi connectivity index (χ2v) is 4.80. The van der Waals surface area contributed by atoms with E-state index in [0.717, 1.165) is 23.9 Å². The molecule has 1 amide bonds. The number of para-hydroxylation sites is 1. The van der Waals surface area contributed by atoms with Crippen LogP contribution in [0.15, 0.2) is 24.3 Å². The van der Waals surface area contributed by atoms with Crippen LogP contribution in [-0.4, -0.2) is 16.9 Å². The molecule has 0 aliphatic heterocycles. The Kier molecular flexibility index (Phi) is 2.44. The molecule has 1 aromatic carbocycles. The molecular weight excluding hydrogens is 226 g/mol. The predicted octanol–water partition coefficient (Wildman–Crippen LogP) is 2.02. The molecule has 1 saturated carbocycles. The number of nitrogens with one attached hydrogen (secondary N) is 1. The SMILES string of the molecule is Cc1cc(C(=O)NC2CC2)c2cccc(N)c2n1. The number of aromatic nitrogens is 1. The molecule has 2 aromatic rings. The second kappa shape index (κ2) is 3.98. The minimum absolute atomic E-state index is 0.0291. The van der Waals surface area contributed by atoms with Crippen LogP contribution in [0.1, 0.15) is 28.9 Å². The summed E-state index contributed by atoms with van der Waals surface area (Å²) in [5.74, 6) is -0.0291. The number of carbonyl (C=O) groups excluding carboxylic acids is 1. The highest BCUT2D eigenvalue weighted by atomic mass is 16.1. The fraction of sp³-hybridized carbons (Fsp3) is 0.286. The van der Waals surface area contributed by atoms with Gasteiger partial charge in [-0.2, -0.15) is 0 Å². The van der Waals surface area contributed by atoms with Crippen molar-refractivity contribution < 1.29 is 4.79 Å². The van der Waals surface area contributed by atoms with Crippen molar-refractivity contribution in [2.45, 2.75) is 25.8 Å². The summed E-state index contributed by atoms with van der Waals surface area (Å²) in [6.07, 6.45) is 2.16. The van der Waals surface area contributed by atoms with E-state index in [2.05, 4.69) is 10.3 Å². The number of hydrogen-bond acceptors (Lipinski definition) is 3. The number of hydrogen-bond donors (Lipinski definition) is 2. The van der Waals surface area contributed by atoms with Crippen LogP contribution in [0.5, 0.6) is 0 Å². The smallest absolute Gasteiger partial charge is 0.252 e. The summed E-state index contributed by atoms with van der Waals surface area (Å²) < 4.78 is 0. The first-order valence-electron chi connectivity index (χ1n) is 6.12. The summed E-state index contributed by atoms with van der Waals surface area (Å²) in [4.78, 5) is 16.6. The van der Waals surface area contributed by atoms with Crippen molar-refractivity contribution >= 4 is 22.5 Å². The highest BCUT2D eigenvalue weighted by Gasteiger charge is 2.24. The zero-order valence-corrected chi connectivity index (χ0v) is 10.2. The molecule has 4 heteroatoms. The first-order valence-corrected chi connectivity index (χ1v) is 6.12. The summed E-state index contributed by atoms with van der Waals surface area (Å²) in [6, 6.07) is 7.71. The zero-order chi connectivity index (χ0) is 12.7. The van der Waals surface area contributed by atoms with Crippen molar-refractivity contribution in [2.24, 2.45) is 0 Å². The number of nitrogen functional groups attached to an aromatic ring is 1. The number of anilines is 1. The van der Waals surface area contributed by atoms with Crippen molar-refractivity contribution in [3.63, 3.8) is 0 Å². The molecule has 1 aliphatic rings.